The number of ether oxygens (including phenoxy) is 1. The number of halogens is 1. The van der Waals surface area contributed by atoms with Gasteiger partial charge in [-0.2, -0.15) is 0 Å². The lowest BCUT2D eigenvalue weighted by Crippen LogP contribution is -2.07. The first-order chi connectivity index (χ1) is 7.37. The van der Waals surface area contributed by atoms with E-state index in [0.29, 0.717) is 17.1 Å². The number of carbonyl (C=O) groups excluding carboxylic acids is 1. The Balaban J connectivity index is 2.42. The summed E-state index contributed by atoms with van der Waals surface area (Å²) in [5, 5.41) is 0. The van der Waals surface area contributed by atoms with Gasteiger partial charge in [0.15, 0.2) is 5.76 Å². The van der Waals surface area contributed by atoms with E-state index in [1.807, 2.05) is 39.0 Å². The highest BCUT2D eigenvalue weighted by atomic mass is 79.9. The van der Waals surface area contributed by atoms with E-state index >= 15 is 0 Å². The van der Waals surface area contributed by atoms with Crippen molar-refractivity contribution in [2.24, 2.45) is 5.41 Å². The van der Waals surface area contributed by atoms with Crippen molar-refractivity contribution in [3.05, 3.63) is 40.1 Å². The fourth-order valence-corrected chi connectivity index (χ4v) is 1.89. The SMILES string of the molecule is CC(C)(C)/C=C1\Oc2cc(Br)ccc2C1=O. The van der Waals surface area contributed by atoms with Gasteiger partial charge < -0.3 is 4.74 Å². The zero-order chi connectivity index (χ0) is 11.9. The quantitative estimate of drug-likeness (QED) is 0.673. The number of Topliss-reactive ketones (excluding diaryl/α,β-unsaturated/α-hetero) is 1. The van der Waals surface area contributed by atoms with Crippen LogP contribution in [-0.2, 0) is 0 Å². The number of carbonyl (C=O) groups is 1. The third-order valence-corrected chi connectivity index (χ3v) is 2.69. The Morgan fingerprint density at radius 1 is 1.31 bits per heavy atom. The van der Waals surface area contributed by atoms with Gasteiger partial charge in [0.2, 0.25) is 5.78 Å². The molecule has 1 aliphatic heterocycles. The van der Waals surface area contributed by atoms with Gasteiger partial charge in [-0.15, -0.1) is 0 Å². The minimum absolute atomic E-state index is 0.0302. The van der Waals surface area contributed by atoms with Crippen LogP contribution in [0.4, 0.5) is 0 Å². The Morgan fingerprint density at radius 2 is 2.00 bits per heavy atom. The summed E-state index contributed by atoms with van der Waals surface area (Å²) in [5.41, 5.74) is 0.572. The molecule has 0 radical (unpaired) electrons. The molecule has 1 aliphatic rings. The Hall–Kier alpha value is -1.09. The molecule has 0 aromatic heterocycles. The average molecular weight is 281 g/mol. The molecule has 0 saturated heterocycles. The number of allylic oxidation sites excluding steroid dienone is 2. The summed E-state index contributed by atoms with van der Waals surface area (Å²) in [5.74, 6) is 1.04. The molecular weight excluding hydrogens is 268 g/mol. The molecule has 84 valence electrons. The van der Waals surface area contributed by atoms with Gasteiger partial charge in [-0.25, -0.2) is 0 Å². The van der Waals surface area contributed by atoms with E-state index in [4.69, 9.17) is 4.74 Å². The first-order valence-corrected chi connectivity index (χ1v) is 5.91. The third kappa shape index (κ3) is 2.19. The fraction of sp³-hybridized carbons (Fsp3) is 0.308. The van der Waals surface area contributed by atoms with E-state index in [-0.39, 0.29) is 11.2 Å². The monoisotopic (exact) mass is 280 g/mol. The molecule has 16 heavy (non-hydrogen) atoms. The molecule has 0 bridgehead atoms. The molecule has 1 aromatic carbocycles. The van der Waals surface area contributed by atoms with E-state index in [1.165, 1.54) is 0 Å². The highest BCUT2D eigenvalue weighted by molar-refractivity contribution is 9.10. The molecule has 0 amide bonds. The van der Waals surface area contributed by atoms with Crippen LogP contribution in [0.3, 0.4) is 0 Å². The molecule has 1 aromatic rings. The predicted octanol–water partition coefficient (Wildman–Crippen LogP) is 3.95. The first kappa shape index (κ1) is 11.4. The summed E-state index contributed by atoms with van der Waals surface area (Å²) in [6.07, 6.45) is 1.86. The Labute approximate surface area is 103 Å². The minimum Gasteiger partial charge on any atom is -0.453 e. The minimum atomic E-state index is -0.0652. The van der Waals surface area contributed by atoms with Crippen molar-refractivity contribution in [3.63, 3.8) is 0 Å². The molecule has 2 nitrogen and oxygen atoms in total. The van der Waals surface area contributed by atoms with E-state index in [0.717, 1.165) is 4.47 Å². The lowest BCUT2D eigenvalue weighted by atomic mass is 9.95. The molecule has 0 saturated carbocycles. The highest BCUT2D eigenvalue weighted by Crippen LogP contribution is 2.34. The molecule has 1 heterocycles. The van der Waals surface area contributed by atoms with Crippen molar-refractivity contribution in [2.45, 2.75) is 20.8 Å². The number of ketones is 1. The standard InChI is InChI=1S/C13H13BrO2/c1-13(2,3)7-11-12(15)9-5-4-8(14)6-10(9)16-11/h4-7H,1-3H3/b11-7-. The maximum atomic E-state index is 12.0. The zero-order valence-corrected chi connectivity index (χ0v) is 11.1. The number of hydrogen-bond donors (Lipinski definition) is 0. The topological polar surface area (TPSA) is 26.3 Å². The van der Waals surface area contributed by atoms with Gasteiger partial charge in [-0.3, -0.25) is 4.79 Å². The van der Waals surface area contributed by atoms with Crippen LogP contribution in [0, 0.1) is 5.41 Å². The second kappa shape index (κ2) is 3.74. The highest BCUT2D eigenvalue weighted by Gasteiger charge is 2.28. The van der Waals surface area contributed by atoms with Crippen LogP contribution in [0.25, 0.3) is 0 Å². The number of benzene rings is 1. The summed E-state index contributed by atoms with van der Waals surface area (Å²) < 4.78 is 6.47. The predicted molar refractivity (Wildman–Crippen MR) is 66.6 cm³/mol. The molecule has 0 fully saturated rings. The molecular formula is C13H13BrO2. The third-order valence-electron chi connectivity index (χ3n) is 2.20. The molecule has 2 rings (SSSR count). The molecule has 0 N–H and O–H groups in total. The van der Waals surface area contributed by atoms with E-state index < -0.39 is 0 Å². The molecule has 3 heteroatoms. The van der Waals surface area contributed by atoms with Gasteiger partial charge in [-0.05, 0) is 29.7 Å². The molecule has 0 aliphatic carbocycles. The second-order valence-corrected chi connectivity index (χ2v) is 5.86. The molecule has 0 spiro atoms. The van der Waals surface area contributed by atoms with Crippen LogP contribution in [0.15, 0.2) is 34.5 Å². The maximum Gasteiger partial charge on any atom is 0.231 e. The van der Waals surface area contributed by atoms with Crippen LogP contribution in [0.2, 0.25) is 0 Å². The number of rotatable bonds is 0. The van der Waals surface area contributed by atoms with Crippen LogP contribution >= 0.6 is 15.9 Å². The van der Waals surface area contributed by atoms with Gasteiger partial charge in [-0.1, -0.05) is 36.7 Å². The van der Waals surface area contributed by atoms with Crippen molar-refractivity contribution < 1.29 is 9.53 Å². The normalized spacial score (nSPS) is 17.5. The van der Waals surface area contributed by atoms with Gasteiger partial charge in [0.1, 0.15) is 5.75 Å². The number of fused-ring (bicyclic) bond motifs is 1. The maximum absolute atomic E-state index is 12.0. The van der Waals surface area contributed by atoms with E-state index in [9.17, 15) is 4.79 Å². The second-order valence-electron chi connectivity index (χ2n) is 4.95. The fourth-order valence-electron chi connectivity index (χ4n) is 1.55. The lowest BCUT2D eigenvalue weighted by Gasteiger charge is -2.12. The summed E-state index contributed by atoms with van der Waals surface area (Å²) in [4.78, 5) is 12.0. The number of hydrogen-bond acceptors (Lipinski definition) is 2. The summed E-state index contributed by atoms with van der Waals surface area (Å²) in [6.45, 7) is 6.11. The smallest absolute Gasteiger partial charge is 0.231 e. The van der Waals surface area contributed by atoms with Crippen LogP contribution < -0.4 is 4.74 Å². The Bertz CT molecular complexity index is 481. The van der Waals surface area contributed by atoms with Gasteiger partial charge in [0.05, 0.1) is 5.56 Å². The molecule has 0 atom stereocenters. The van der Waals surface area contributed by atoms with Crippen LogP contribution in [0.1, 0.15) is 31.1 Å². The van der Waals surface area contributed by atoms with E-state index in [2.05, 4.69) is 15.9 Å². The van der Waals surface area contributed by atoms with Gasteiger partial charge in [0.25, 0.3) is 0 Å². The summed E-state index contributed by atoms with van der Waals surface area (Å²) in [6, 6.07) is 5.45. The largest absolute Gasteiger partial charge is 0.453 e. The van der Waals surface area contributed by atoms with E-state index in [1.54, 1.807) is 6.07 Å². The Morgan fingerprint density at radius 3 is 2.62 bits per heavy atom. The van der Waals surface area contributed by atoms with Gasteiger partial charge in [0, 0.05) is 4.47 Å². The van der Waals surface area contributed by atoms with Crippen molar-refractivity contribution in [1.82, 2.24) is 0 Å². The summed E-state index contributed by atoms with van der Waals surface area (Å²) in [7, 11) is 0. The van der Waals surface area contributed by atoms with Crippen LogP contribution in [-0.4, -0.2) is 5.78 Å². The zero-order valence-electron chi connectivity index (χ0n) is 9.50. The van der Waals surface area contributed by atoms with Crippen molar-refractivity contribution in [3.8, 4) is 5.75 Å². The average Bonchev–Trinajstić information content (AvgIpc) is 2.40. The summed E-state index contributed by atoms with van der Waals surface area (Å²) >= 11 is 3.36. The van der Waals surface area contributed by atoms with Crippen molar-refractivity contribution in [2.75, 3.05) is 0 Å². The van der Waals surface area contributed by atoms with Crippen molar-refractivity contribution >= 4 is 21.7 Å². The Kier molecular flexibility index (Phi) is 2.66. The van der Waals surface area contributed by atoms with Crippen molar-refractivity contribution in [1.29, 1.82) is 0 Å². The van der Waals surface area contributed by atoms with Gasteiger partial charge >= 0.3 is 0 Å². The first-order valence-electron chi connectivity index (χ1n) is 5.12. The van der Waals surface area contributed by atoms with Crippen LogP contribution in [0.5, 0.6) is 5.75 Å². The lowest BCUT2D eigenvalue weighted by molar-refractivity contribution is 0.101. The molecule has 0 unspecified atom stereocenters.